The van der Waals surface area contributed by atoms with Gasteiger partial charge in [-0.3, -0.25) is 0 Å². The van der Waals surface area contributed by atoms with E-state index >= 15 is 0 Å². The number of anilines is 2. The van der Waals surface area contributed by atoms with Crippen LogP contribution in [-0.4, -0.2) is 37.9 Å². The molecule has 218 valence electrons. The molecule has 1 amide bonds. The molecular formula is C30H31F3N2O6. The van der Waals surface area contributed by atoms with Gasteiger partial charge in [-0.05, 0) is 73.9 Å². The number of nitrogens with one attached hydrogen (secondary N) is 2. The van der Waals surface area contributed by atoms with Crippen LogP contribution in [0.2, 0.25) is 0 Å². The lowest BCUT2D eigenvalue weighted by Crippen LogP contribution is -2.32. The predicted molar refractivity (Wildman–Crippen MR) is 146 cm³/mol. The number of alkyl halides is 3. The second kappa shape index (κ2) is 12.8. The second-order valence-electron chi connectivity index (χ2n) is 10.0. The molecule has 3 aromatic carbocycles. The van der Waals surface area contributed by atoms with E-state index in [1.54, 1.807) is 51.1 Å². The Kier molecular flexibility index (Phi) is 9.64. The maximum absolute atomic E-state index is 13.6. The molecule has 3 aromatic rings. The van der Waals surface area contributed by atoms with Gasteiger partial charge in [-0.25, -0.2) is 14.4 Å². The predicted octanol–water partition coefficient (Wildman–Crippen LogP) is 6.64. The van der Waals surface area contributed by atoms with Crippen molar-refractivity contribution in [1.82, 2.24) is 5.32 Å². The fourth-order valence-electron chi connectivity index (χ4n) is 3.94. The van der Waals surface area contributed by atoms with E-state index in [2.05, 4.69) is 10.6 Å². The Morgan fingerprint density at radius 1 is 0.780 bits per heavy atom. The van der Waals surface area contributed by atoms with Gasteiger partial charge in [0, 0.05) is 18.7 Å². The van der Waals surface area contributed by atoms with Crippen LogP contribution in [-0.2, 0) is 33.4 Å². The number of alkyl carbamates (subject to hydrolysis) is 1. The fraction of sp³-hybridized carbons (Fsp3) is 0.300. The SMILES string of the molecule is COC(=O)c1cc(CNC(=O)OC(C)(C)C)ccc1Cc1cc(C(F)(F)F)ccc1Nc1ccccc1C(=O)OC. The molecule has 0 fully saturated rings. The molecule has 0 spiro atoms. The highest BCUT2D eigenvalue weighted by atomic mass is 19.4. The van der Waals surface area contributed by atoms with Crippen molar-refractivity contribution in [2.75, 3.05) is 19.5 Å². The van der Waals surface area contributed by atoms with Crippen LogP contribution in [0, 0.1) is 0 Å². The summed E-state index contributed by atoms with van der Waals surface area (Å²) >= 11 is 0. The lowest BCUT2D eigenvalue weighted by molar-refractivity contribution is -0.137. The monoisotopic (exact) mass is 572 g/mol. The summed E-state index contributed by atoms with van der Waals surface area (Å²) in [5.41, 5.74) is 0.515. The number of halogens is 3. The third-order valence-corrected chi connectivity index (χ3v) is 5.83. The minimum atomic E-state index is -4.61. The molecule has 3 rings (SSSR count). The molecule has 0 saturated heterocycles. The number of ether oxygens (including phenoxy) is 3. The zero-order chi connectivity index (χ0) is 30.4. The van der Waals surface area contributed by atoms with E-state index in [-0.39, 0.29) is 29.7 Å². The van der Waals surface area contributed by atoms with Gasteiger partial charge in [0.05, 0.1) is 36.6 Å². The summed E-state index contributed by atoms with van der Waals surface area (Å²) in [6.07, 6.45) is -5.34. The van der Waals surface area contributed by atoms with Crippen molar-refractivity contribution in [2.24, 2.45) is 0 Å². The maximum Gasteiger partial charge on any atom is 0.416 e. The number of carbonyl (C=O) groups is 3. The highest BCUT2D eigenvalue weighted by Crippen LogP contribution is 2.34. The van der Waals surface area contributed by atoms with Gasteiger partial charge >= 0.3 is 24.2 Å². The van der Waals surface area contributed by atoms with E-state index in [1.807, 2.05) is 0 Å². The number of carbonyl (C=O) groups excluding carboxylic acids is 3. The third kappa shape index (κ3) is 8.47. The number of benzene rings is 3. The quantitative estimate of drug-likeness (QED) is 0.231. The zero-order valence-electron chi connectivity index (χ0n) is 23.3. The highest BCUT2D eigenvalue weighted by Gasteiger charge is 2.31. The van der Waals surface area contributed by atoms with Crippen LogP contribution in [0.15, 0.2) is 60.7 Å². The second-order valence-corrected chi connectivity index (χ2v) is 10.0. The van der Waals surface area contributed by atoms with Gasteiger partial charge in [0.15, 0.2) is 0 Å². The Labute approximate surface area is 235 Å². The van der Waals surface area contributed by atoms with Crippen LogP contribution in [0.4, 0.5) is 29.3 Å². The molecule has 8 nitrogen and oxygen atoms in total. The molecule has 0 saturated carbocycles. The van der Waals surface area contributed by atoms with E-state index in [4.69, 9.17) is 14.2 Å². The van der Waals surface area contributed by atoms with E-state index in [1.165, 1.54) is 32.4 Å². The topological polar surface area (TPSA) is 103 Å². The normalized spacial score (nSPS) is 11.4. The summed E-state index contributed by atoms with van der Waals surface area (Å²) in [7, 11) is 2.42. The Hall–Kier alpha value is -4.54. The summed E-state index contributed by atoms with van der Waals surface area (Å²) in [5.74, 6) is -1.32. The first kappa shape index (κ1) is 31.0. The first-order valence-corrected chi connectivity index (χ1v) is 12.5. The molecule has 0 aliphatic heterocycles. The number of esters is 2. The molecule has 0 heterocycles. The summed E-state index contributed by atoms with van der Waals surface area (Å²) < 4.78 is 55.9. The average Bonchev–Trinajstić information content (AvgIpc) is 2.91. The smallest absolute Gasteiger partial charge is 0.416 e. The van der Waals surface area contributed by atoms with Crippen LogP contribution in [0.5, 0.6) is 0 Å². The molecule has 2 N–H and O–H groups in total. The van der Waals surface area contributed by atoms with Crippen molar-refractivity contribution < 1.29 is 41.8 Å². The van der Waals surface area contributed by atoms with Crippen LogP contribution >= 0.6 is 0 Å². The van der Waals surface area contributed by atoms with Gasteiger partial charge in [0.2, 0.25) is 0 Å². The third-order valence-electron chi connectivity index (χ3n) is 5.83. The van der Waals surface area contributed by atoms with E-state index in [0.29, 0.717) is 22.5 Å². The lowest BCUT2D eigenvalue weighted by atomic mass is 9.95. The number of methoxy groups -OCH3 is 2. The molecular weight excluding hydrogens is 541 g/mol. The van der Waals surface area contributed by atoms with E-state index in [9.17, 15) is 27.6 Å². The molecule has 0 bridgehead atoms. The van der Waals surface area contributed by atoms with Crippen LogP contribution in [0.1, 0.15) is 63.7 Å². The van der Waals surface area contributed by atoms with E-state index in [0.717, 1.165) is 12.1 Å². The zero-order valence-corrected chi connectivity index (χ0v) is 23.3. The van der Waals surface area contributed by atoms with Crippen molar-refractivity contribution in [2.45, 2.75) is 45.5 Å². The average molecular weight is 573 g/mol. The number of hydrogen-bond donors (Lipinski definition) is 2. The summed E-state index contributed by atoms with van der Waals surface area (Å²) in [6, 6.07) is 14.3. The van der Waals surface area contributed by atoms with Gasteiger partial charge in [-0.1, -0.05) is 24.3 Å². The van der Waals surface area contributed by atoms with Crippen molar-refractivity contribution >= 4 is 29.4 Å². The van der Waals surface area contributed by atoms with Gasteiger partial charge in [-0.2, -0.15) is 13.2 Å². The first-order chi connectivity index (χ1) is 19.2. The maximum atomic E-state index is 13.6. The number of para-hydroxylation sites is 1. The van der Waals surface area contributed by atoms with Crippen LogP contribution < -0.4 is 10.6 Å². The van der Waals surface area contributed by atoms with Gasteiger partial charge in [-0.15, -0.1) is 0 Å². The van der Waals surface area contributed by atoms with Gasteiger partial charge in [0.25, 0.3) is 0 Å². The number of amides is 1. The van der Waals surface area contributed by atoms with Crippen molar-refractivity contribution in [3.05, 3.63) is 94.0 Å². The molecule has 11 heteroatoms. The van der Waals surface area contributed by atoms with Crippen LogP contribution in [0.3, 0.4) is 0 Å². The largest absolute Gasteiger partial charge is 0.465 e. The minimum absolute atomic E-state index is 0.0415. The van der Waals surface area contributed by atoms with Crippen molar-refractivity contribution in [3.63, 3.8) is 0 Å². The summed E-state index contributed by atoms with van der Waals surface area (Å²) in [5, 5.41) is 5.64. The molecule has 0 atom stereocenters. The molecule has 41 heavy (non-hydrogen) atoms. The Bertz CT molecular complexity index is 1430. The van der Waals surface area contributed by atoms with Gasteiger partial charge in [0.1, 0.15) is 5.60 Å². The van der Waals surface area contributed by atoms with Crippen molar-refractivity contribution in [1.29, 1.82) is 0 Å². The molecule has 0 radical (unpaired) electrons. The standard InChI is InChI=1S/C30H31F3N2O6/c1-29(2,3)41-28(38)34-17-18-10-11-19(23(14-18)27(37)40-5)15-20-16-21(30(31,32)33)12-13-24(20)35-25-9-7-6-8-22(25)26(36)39-4/h6-14,16,35H,15,17H2,1-5H3,(H,34,38). The summed E-state index contributed by atoms with van der Waals surface area (Å²) in [6.45, 7) is 5.21. The van der Waals surface area contributed by atoms with Gasteiger partial charge < -0.3 is 24.8 Å². The highest BCUT2D eigenvalue weighted by molar-refractivity contribution is 5.96. The molecule has 0 aromatic heterocycles. The molecule has 0 unspecified atom stereocenters. The summed E-state index contributed by atoms with van der Waals surface area (Å²) in [4.78, 5) is 37.0. The first-order valence-electron chi connectivity index (χ1n) is 12.5. The minimum Gasteiger partial charge on any atom is -0.465 e. The fourth-order valence-corrected chi connectivity index (χ4v) is 3.94. The van der Waals surface area contributed by atoms with Crippen LogP contribution in [0.25, 0.3) is 0 Å². The Morgan fingerprint density at radius 3 is 2.07 bits per heavy atom. The Balaban J connectivity index is 2.00. The number of hydrogen-bond acceptors (Lipinski definition) is 7. The molecule has 0 aliphatic carbocycles. The Morgan fingerprint density at radius 2 is 1.44 bits per heavy atom. The van der Waals surface area contributed by atoms with Crippen molar-refractivity contribution in [3.8, 4) is 0 Å². The lowest BCUT2D eigenvalue weighted by Gasteiger charge is -2.20. The van der Waals surface area contributed by atoms with E-state index < -0.39 is 35.4 Å². The molecule has 0 aliphatic rings. The number of rotatable bonds is 8.